The fraction of sp³-hybridized carbons (Fsp3) is 0.615. The maximum absolute atomic E-state index is 10.1. The second-order valence-corrected chi connectivity index (χ2v) is 4.63. The molecular formula is C13H21N3O. The van der Waals surface area contributed by atoms with E-state index in [1.54, 1.807) is 0 Å². The highest BCUT2D eigenvalue weighted by Crippen LogP contribution is 2.19. The summed E-state index contributed by atoms with van der Waals surface area (Å²) in [4.78, 5) is 8.67. The summed E-state index contributed by atoms with van der Waals surface area (Å²) in [5.74, 6) is 0. The van der Waals surface area contributed by atoms with Crippen molar-refractivity contribution in [3.63, 3.8) is 0 Å². The number of rotatable bonds is 2. The van der Waals surface area contributed by atoms with Gasteiger partial charge in [-0.3, -0.25) is 4.98 Å². The van der Waals surface area contributed by atoms with Gasteiger partial charge in [-0.1, -0.05) is 6.92 Å². The van der Waals surface area contributed by atoms with E-state index < -0.39 is 6.23 Å². The lowest BCUT2D eigenvalue weighted by molar-refractivity contribution is 0.161. The monoisotopic (exact) mass is 235 g/mol. The maximum Gasteiger partial charge on any atom is 0.128 e. The Labute approximate surface area is 103 Å². The Morgan fingerprint density at radius 3 is 2.82 bits per heavy atom. The summed E-state index contributed by atoms with van der Waals surface area (Å²) in [6.07, 6.45) is 3.21. The first-order chi connectivity index (χ1) is 8.20. The van der Waals surface area contributed by atoms with Gasteiger partial charge in [0, 0.05) is 31.7 Å². The van der Waals surface area contributed by atoms with Crippen molar-refractivity contribution >= 4 is 5.69 Å². The van der Waals surface area contributed by atoms with Gasteiger partial charge in [-0.15, -0.1) is 0 Å². The van der Waals surface area contributed by atoms with E-state index in [-0.39, 0.29) is 0 Å². The summed E-state index contributed by atoms with van der Waals surface area (Å²) in [5, 5.41) is 10.1. The van der Waals surface area contributed by atoms with Gasteiger partial charge in [-0.2, -0.15) is 0 Å². The van der Waals surface area contributed by atoms with Gasteiger partial charge in [0.1, 0.15) is 6.23 Å². The van der Waals surface area contributed by atoms with E-state index in [2.05, 4.69) is 29.9 Å². The van der Waals surface area contributed by atoms with Crippen LogP contribution in [-0.2, 0) is 6.42 Å². The third kappa shape index (κ3) is 2.96. The van der Waals surface area contributed by atoms with Crippen molar-refractivity contribution < 1.29 is 5.11 Å². The largest absolute Gasteiger partial charge is 0.374 e. The quantitative estimate of drug-likeness (QED) is 0.833. The number of aliphatic hydroxyl groups excluding tert-OH is 1. The number of aliphatic hydroxyl groups is 1. The van der Waals surface area contributed by atoms with Gasteiger partial charge >= 0.3 is 0 Å². The first-order valence-corrected chi connectivity index (χ1v) is 6.29. The standard InChI is InChI=1S/C13H21N3O/c1-3-11-4-5-12(10-14-11)16-9-8-15(2)7-6-13(16)17/h4-5,10,13,17H,3,6-9H2,1-2H3. The number of hydrogen-bond donors (Lipinski definition) is 1. The molecular weight excluding hydrogens is 214 g/mol. The lowest BCUT2D eigenvalue weighted by Gasteiger charge is -2.27. The molecule has 1 aliphatic rings. The molecule has 2 rings (SSSR count). The summed E-state index contributed by atoms with van der Waals surface area (Å²) in [6, 6.07) is 4.09. The molecule has 1 saturated heterocycles. The normalized spacial score (nSPS) is 22.5. The fourth-order valence-electron chi connectivity index (χ4n) is 2.13. The number of aryl methyl sites for hydroxylation is 1. The smallest absolute Gasteiger partial charge is 0.128 e. The van der Waals surface area contributed by atoms with E-state index in [9.17, 15) is 5.11 Å². The Morgan fingerprint density at radius 1 is 1.35 bits per heavy atom. The van der Waals surface area contributed by atoms with Gasteiger partial charge in [0.2, 0.25) is 0 Å². The lowest BCUT2D eigenvalue weighted by atomic mass is 10.2. The van der Waals surface area contributed by atoms with Crippen molar-refractivity contribution in [2.24, 2.45) is 0 Å². The van der Waals surface area contributed by atoms with Crippen LogP contribution in [0.25, 0.3) is 0 Å². The molecule has 0 saturated carbocycles. The third-order valence-electron chi connectivity index (χ3n) is 3.35. The van der Waals surface area contributed by atoms with Crippen LogP contribution in [0.1, 0.15) is 19.0 Å². The van der Waals surface area contributed by atoms with E-state index in [0.29, 0.717) is 0 Å². The van der Waals surface area contributed by atoms with Crippen LogP contribution >= 0.6 is 0 Å². The van der Waals surface area contributed by atoms with Gasteiger partial charge in [0.05, 0.1) is 11.9 Å². The molecule has 4 heteroatoms. The highest BCUT2D eigenvalue weighted by molar-refractivity contribution is 5.45. The molecule has 1 fully saturated rings. The molecule has 2 heterocycles. The Bertz CT molecular complexity index is 352. The van der Waals surface area contributed by atoms with Crippen molar-refractivity contribution in [2.75, 3.05) is 31.6 Å². The van der Waals surface area contributed by atoms with Crippen LogP contribution in [0.15, 0.2) is 18.3 Å². The van der Waals surface area contributed by atoms with Crippen LogP contribution in [0.3, 0.4) is 0 Å². The Balaban J connectivity index is 2.13. The lowest BCUT2D eigenvalue weighted by Crippen LogP contribution is -2.36. The topological polar surface area (TPSA) is 39.6 Å². The molecule has 1 N–H and O–H groups in total. The number of hydrogen-bond acceptors (Lipinski definition) is 4. The van der Waals surface area contributed by atoms with Crippen molar-refractivity contribution in [3.8, 4) is 0 Å². The first kappa shape index (κ1) is 12.3. The summed E-state index contributed by atoms with van der Waals surface area (Å²) in [5.41, 5.74) is 2.11. The highest BCUT2D eigenvalue weighted by atomic mass is 16.3. The summed E-state index contributed by atoms with van der Waals surface area (Å²) in [6.45, 7) is 4.87. The van der Waals surface area contributed by atoms with Gasteiger partial charge in [0.25, 0.3) is 0 Å². The predicted octanol–water partition coefficient (Wildman–Crippen LogP) is 1.10. The van der Waals surface area contributed by atoms with Gasteiger partial charge in [-0.25, -0.2) is 0 Å². The molecule has 0 amide bonds. The van der Waals surface area contributed by atoms with Crippen molar-refractivity contribution in [1.82, 2.24) is 9.88 Å². The van der Waals surface area contributed by atoms with E-state index in [1.165, 1.54) is 0 Å². The van der Waals surface area contributed by atoms with Gasteiger partial charge < -0.3 is 14.9 Å². The van der Waals surface area contributed by atoms with E-state index in [1.807, 2.05) is 17.2 Å². The highest BCUT2D eigenvalue weighted by Gasteiger charge is 2.20. The molecule has 94 valence electrons. The first-order valence-electron chi connectivity index (χ1n) is 6.29. The predicted molar refractivity (Wildman–Crippen MR) is 69.1 cm³/mol. The van der Waals surface area contributed by atoms with Crippen molar-refractivity contribution in [3.05, 3.63) is 24.0 Å². The number of anilines is 1. The zero-order valence-electron chi connectivity index (χ0n) is 10.6. The van der Waals surface area contributed by atoms with Crippen molar-refractivity contribution in [1.29, 1.82) is 0 Å². The minimum atomic E-state index is -0.394. The van der Waals surface area contributed by atoms with E-state index in [0.717, 1.165) is 43.9 Å². The summed E-state index contributed by atoms with van der Waals surface area (Å²) in [7, 11) is 2.09. The summed E-state index contributed by atoms with van der Waals surface area (Å²) < 4.78 is 0. The molecule has 17 heavy (non-hydrogen) atoms. The Morgan fingerprint density at radius 2 is 2.18 bits per heavy atom. The third-order valence-corrected chi connectivity index (χ3v) is 3.35. The molecule has 1 unspecified atom stereocenters. The zero-order valence-corrected chi connectivity index (χ0v) is 10.6. The average molecular weight is 235 g/mol. The zero-order chi connectivity index (χ0) is 12.3. The van der Waals surface area contributed by atoms with Gasteiger partial charge in [0.15, 0.2) is 0 Å². The van der Waals surface area contributed by atoms with E-state index in [4.69, 9.17) is 0 Å². The molecule has 4 nitrogen and oxygen atoms in total. The molecule has 1 aliphatic heterocycles. The second-order valence-electron chi connectivity index (χ2n) is 4.63. The van der Waals surface area contributed by atoms with Crippen LogP contribution in [0.2, 0.25) is 0 Å². The molecule has 0 spiro atoms. The molecule has 1 atom stereocenters. The minimum Gasteiger partial charge on any atom is -0.374 e. The van der Waals surface area contributed by atoms with Crippen LogP contribution < -0.4 is 4.90 Å². The minimum absolute atomic E-state index is 0.394. The number of pyridine rings is 1. The molecule has 1 aromatic heterocycles. The molecule has 0 radical (unpaired) electrons. The van der Waals surface area contributed by atoms with Crippen LogP contribution in [0, 0.1) is 0 Å². The molecule has 0 aliphatic carbocycles. The van der Waals surface area contributed by atoms with E-state index >= 15 is 0 Å². The van der Waals surface area contributed by atoms with Crippen LogP contribution in [0.5, 0.6) is 0 Å². The fourth-order valence-corrected chi connectivity index (χ4v) is 2.13. The number of nitrogens with zero attached hydrogens (tertiary/aromatic N) is 3. The SMILES string of the molecule is CCc1ccc(N2CCN(C)CCC2O)cn1. The Hall–Kier alpha value is -1.13. The average Bonchev–Trinajstić information content (AvgIpc) is 2.52. The maximum atomic E-state index is 10.1. The van der Waals surface area contributed by atoms with Crippen molar-refractivity contribution in [2.45, 2.75) is 26.0 Å². The second kappa shape index (κ2) is 5.47. The molecule has 1 aromatic rings. The number of aromatic nitrogens is 1. The summed E-state index contributed by atoms with van der Waals surface area (Å²) >= 11 is 0. The number of likely N-dealkylation sites (N-methyl/N-ethyl adjacent to an activating group) is 1. The Kier molecular flexibility index (Phi) is 3.97. The van der Waals surface area contributed by atoms with Crippen LogP contribution in [-0.4, -0.2) is 47.9 Å². The molecule has 0 aromatic carbocycles. The van der Waals surface area contributed by atoms with Gasteiger partial charge in [-0.05, 0) is 25.6 Å². The van der Waals surface area contributed by atoms with Crippen LogP contribution in [0.4, 0.5) is 5.69 Å². The molecule has 0 bridgehead atoms.